The summed E-state index contributed by atoms with van der Waals surface area (Å²) in [6, 6.07) is 7.47. The number of anilines is 2. The molecule has 0 radical (unpaired) electrons. The molecule has 24 heavy (non-hydrogen) atoms. The number of aromatic nitrogens is 2. The highest BCUT2D eigenvalue weighted by atomic mass is 19.4. The van der Waals surface area contributed by atoms with Crippen LogP contribution in [0.2, 0.25) is 0 Å². The van der Waals surface area contributed by atoms with Crippen LogP contribution >= 0.6 is 0 Å². The number of hydrogen-bond acceptors (Lipinski definition) is 5. The molecule has 9 heteroatoms. The number of benzene rings is 1. The molecule has 0 aliphatic carbocycles. The zero-order chi connectivity index (χ0) is 17.2. The summed E-state index contributed by atoms with van der Waals surface area (Å²) in [5.74, 6) is -1.00. The number of aryl methyl sites for hydroxylation is 1. The Hall–Kier alpha value is -2.58. The average molecular weight is 340 g/mol. The molecule has 0 saturated carbocycles. The molecule has 0 spiro atoms. The van der Waals surface area contributed by atoms with Crippen molar-refractivity contribution in [3.63, 3.8) is 0 Å². The van der Waals surface area contributed by atoms with Crippen LogP contribution in [0.3, 0.4) is 0 Å². The van der Waals surface area contributed by atoms with Gasteiger partial charge in [0.05, 0.1) is 6.54 Å². The molecule has 1 aromatic heterocycles. The van der Waals surface area contributed by atoms with Crippen LogP contribution in [-0.4, -0.2) is 35.4 Å². The van der Waals surface area contributed by atoms with E-state index in [2.05, 4.69) is 15.5 Å². The Kier molecular flexibility index (Phi) is 4.41. The Morgan fingerprint density at radius 3 is 2.88 bits per heavy atom. The summed E-state index contributed by atoms with van der Waals surface area (Å²) >= 11 is 0. The number of nitrogens with zero attached hydrogens (tertiary/aromatic N) is 3. The summed E-state index contributed by atoms with van der Waals surface area (Å²) in [7, 11) is 0. The summed E-state index contributed by atoms with van der Waals surface area (Å²) in [6.45, 7) is 0.793. The van der Waals surface area contributed by atoms with Gasteiger partial charge in [0, 0.05) is 12.2 Å². The standard InChI is InChI=1S/C15H15F3N4O2/c16-15(17,18)8-13-20-21-14(24-13)19-12(23)9-22-7-3-5-10-4-1-2-6-11(10)22/h1-2,4,6H,3,5,7-9H2,(H,19,21,23). The van der Waals surface area contributed by atoms with Crippen molar-refractivity contribution in [1.82, 2.24) is 10.2 Å². The highest BCUT2D eigenvalue weighted by molar-refractivity contribution is 5.92. The molecule has 0 unspecified atom stereocenters. The number of alkyl halides is 3. The third-order valence-corrected chi connectivity index (χ3v) is 3.61. The zero-order valence-electron chi connectivity index (χ0n) is 12.6. The van der Waals surface area contributed by atoms with Gasteiger partial charge in [-0.2, -0.15) is 13.2 Å². The minimum absolute atomic E-state index is 0.0635. The Labute approximate surface area is 135 Å². The van der Waals surface area contributed by atoms with Crippen molar-refractivity contribution in [3.8, 4) is 0 Å². The second-order valence-corrected chi connectivity index (χ2v) is 5.49. The smallest absolute Gasteiger partial charge is 0.397 e. The number of carbonyl (C=O) groups is 1. The fourth-order valence-electron chi connectivity index (χ4n) is 2.65. The fourth-order valence-corrected chi connectivity index (χ4v) is 2.65. The van der Waals surface area contributed by atoms with Crippen LogP contribution in [0.1, 0.15) is 17.9 Å². The minimum atomic E-state index is -4.44. The third kappa shape index (κ3) is 4.03. The summed E-state index contributed by atoms with van der Waals surface area (Å²) in [6.07, 6.45) is -3.87. The number of amides is 1. The highest BCUT2D eigenvalue weighted by Crippen LogP contribution is 2.26. The van der Waals surface area contributed by atoms with Gasteiger partial charge in [0.2, 0.25) is 11.8 Å². The number of carbonyl (C=O) groups excluding carboxylic acids is 1. The Balaban J connectivity index is 1.61. The fraction of sp³-hybridized carbons (Fsp3) is 0.400. The van der Waals surface area contributed by atoms with Crippen molar-refractivity contribution in [1.29, 1.82) is 0 Å². The molecule has 0 saturated heterocycles. The number of hydrogen-bond donors (Lipinski definition) is 1. The van der Waals surface area contributed by atoms with Gasteiger partial charge in [0.15, 0.2) is 0 Å². The first-order valence-electron chi connectivity index (χ1n) is 7.42. The van der Waals surface area contributed by atoms with Crippen LogP contribution < -0.4 is 10.2 Å². The van der Waals surface area contributed by atoms with Crippen LogP contribution in [-0.2, 0) is 17.6 Å². The molecule has 0 fully saturated rings. The van der Waals surface area contributed by atoms with E-state index in [1.807, 2.05) is 29.2 Å². The number of rotatable bonds is 4. The zero-order valence-corrected chi connectivity index (χ0v) is 12.6. The molecule has 1 amide bonds. The first-order chi connectivity index (χ1) is 11.4. The number of para-hydroxylation sites is 1. The minimum Gasteiger partial charge on any atom is -0.407 e. The number of halogens is 3. The predicted octanol–water partition coefficient (Wildman–Crippen LogP) is 2.57. The van der Waals surface area contributed by atoms with Crippen molar-refractivity contribution in [2.45, 2.75) is 25.4 Å². The van der Waals surface area contributed by atoms with E-state index in [0.29, 0.717) is 0 Å². The molecule has 1 aromatic carbocycles. The largest absolute Gasteiger partial charge is 0.407 e. The third-order valence-electron chi connectivity index (χ3n) is 3.61. The average Bonchev–Trinajstić information content (AvgIpc) is 2.92. The topological polar surface area (TPSA) is 71.3 Å². The molecule has 1 N–H and O–H groups in total. The molecule has 3 rings (SSSR count). The van der Waals surface area contributed by atoms with E-state index < -0.39 is 24.4 Å². The predicted molar refractivity (Wildman–Crippen MR) is 79.7 cm³/mol. The maximum absolute atomic E-state index is 12.2. The molecule has 2 aromatic rings. The molecule has 1 aliphatic rings. The van der Waals surface area contributed by atoms with E-state index in [1.54, 1.807) is 0 Å². The van der Waals surface area contributed by atoms with Gasteiger partial charge in [0.1, 0.15) is 6.42 Å². The normalized spacial score (nSPS) is 14.4. The summed E-state index contributed by atoms with van der Waals surface area (Å²) in [5, 5.41) is 9.02. The lowest BCUT2D eigenvalue weighted by molar-refractivity contribution is -0.130. The molecule has 128 valence electrons. The number of fused-ring (bicyclic) bond motifs is 1. The number of nitrogens with one attached hydrogen (secondary N) is 1. The summed E-state index contributed by atoms with van der Waals surface area (Å²) in [5.41, 5.74) is 2.16. The van der Waals surface area contributed by atoms with Crippen LogP contribution in [0.25, 0.3) is 0 Å². The molecule has 0 atom stereocenters. The monoisotopic (exact) mass is 340 g/mol. The van der Waals surface area contributed by atoms with Gasteiger partial charge in [0.25, 0.3) is 0 Å². The summed E-state index contributed by atoms with van der Waals surface area (Å²) in [4.78, 5) is 14.0. The maximum atomic E-state index is 12.2. The van der Waals surface area contributed by atoms with E-state index in [9.17, 15) is 18.0 Å². The summed E-state index contributed by atoms with van der Waals surface area (Å²) < 4.78 is 41.5. The van der Waals surface area contributed by atoms with E-state index in [-0.39, 0.29) is 12.6 Å². The van der Waals surface area contributed by atoms with Gasteiger partial charge in [-0.25, -0.2) is 0 Å². The van der Waals surface area contributed by atoms with Crippen molar-refractivity contribution in [2.75, 3.05) is 23.3 Å². The van der Waals surface area contributed by atoms with Crippen molar-refractivity contribution in [2.24, 2.45) is 0 Å². The van der Waals surface area contributed by atoms with Gasteiger partial charge in [-0.05, 0) is 24.5 Å². The van der Waals surface area contributed by atoms with Crippen LogP contribution in [0.15, 0.2) is 28.7 Å². The lowest BCUT2D eigenvalue weighted by Gasteiger charge is -2.30. The Bertz CT molecular complexity index is 730. The van der Waals surface area contributed by atoms with E-state index in [1.165, 1.54) is 5.56 Å². The molecule has 2 heterocycles. The SMILES string of the molecule is O=C(CN1CCCc2ccccc21)Nc1nnc(CC(F)(F)F)o1. The van der Waals surface area contributed by atoms with E-state index >= 15 is 0 Å². The first kappa shape index (κ1) is 16.3. The lowest BCUT2D eigenvalue weighted by Crippen LogP contribution is -2.36. The quantitative estimate of drug-likeness (QED) is 0.926. The van der Waals surface area contributed by atoms with Crippen molar-refractivity contribution >= 4 is 17.6 Å². The maximum Gasteiger partial charge on any atom is 0.397 e. The Morgan fingerprint density at radius 2 is 2.08 bits per heavy atom. The molecule has 6 nitrogen and oxygen atoms in total. The van der Waals surface area contributed by atoms with E-state index in [4.69, 9.17) is 4.42 Å². The van der Waals surface area contributed by atoms with Crippen LogP contribution in [0, 0.1) is 0 Å². The molecule has 0 bridgehead atoms. The molecule has 1 aliphatic heterocycles. The lowest BCUT2D eigenvalue weighted by atomic mass is 10.0. The first-order valence-corrected chi connectivity index (χ1v) is 7.42. The van der Waals surface area contributed by atoms with Crippen LogP contribution in [0.5, 0.6) is 0 Å². The Morgan fingerprint density at radius 1 is 1.29 bits per heavy atom. The highest BCUT2D eigenvalue weighted by Gasteiger charge is 2.31. The van der Waals surface area contributed by atoms with Gasteiger partial charge in [-0.3, -0.25) is 10.1 Å². The molecular weight excluding hydrogens is 325 g/mol. The molecular formula is C15H15F3N4O2. The van der Waals surface area contributed by atoms with Crippen LogP contribution in [0.4, 0.5) is 24.9 Å². The van der Waals surface area contributed by atoms with Gasteiger partial charge >= 0.3 is 12.2 Å². The van der Waals surface area contributed by atoms with Gasteiger partial charge < -0.3 is 9.32 Å². The second-order valence-electron chi connectivity index (χ2n) is 5.49. The van der Waals surface area contributed by atoms with Gasteiger partial charge in [-0.15, -0.1) is 5.10 Å². The van der Waals surface area contributed by atoms with Gasteiger partial charge in [-0.1, -0.05) is 23.3 Å². The van der Waals surface area contributed by atoms with Crippen molar-refractivity contribution in [3.05, 3.63) is 35.7 Å². The van der Waals surface area contributed by atoms with E-state index in [0.717, 1.165) is 25.1 Å². The van der Waals surface area contributed by atoms with Crippen molar-refractivity contribution < 1.29 is 22.4 Å². The second kappa shape index (κ2) is 6.50.